The van der Waals surface area contributed by atoms with Gasteiger partial charge in [-0.25, -0.2) is 9.66 Å². The molecule has 0 radical (unpaired) electrons. The summed E-state index contributed by atoms with van der Waals surface area (Å²) in [6.07, 6.45) is 1.61. The van der Waals surface area contributed by atoms with E-state index in [-0.39, 0.29) is 11.7 Å². The second-order valence-electron chi connectivity index (χ2n) is 6.58. The van der Waals surface area contributed by atoms with Gasteiger partial charge in [0.15, 0.2) is 5.16 Å². The van der Waals surface area contributed by atoms with Gasteiger partial charge in [-0.1, -0.05) is 36.0 Å². The second-order valence-corrected chi connectivity index (χ2v) is 7.52. The Kier molecular flexibility index (Phi) is 4.87. The van der Waals surface area contributed by atoms with Crippen molar-refractivity contribution in [2.75, 3.05) is 11.2 Å². The number of nitrogens with one attached hydrogen (secondary N) is 1. The lowest BCUT2D eigenvalue weighted by molar-refractivity contribution is -0.114. The van der Waals surface area contributed by atoms with Crippen molar-refractivity contribution in [1.29, 1.82) is 0 Å². The van der Waals surface area contributed by atoms with Crippen molar-refractivity contribution in [2.45, 2.75) is 25.9 Å². The van der Waals surface area contributed by atoms with E-state index in [1.54, 1.807) is 11.0 Å². The van der Waals surface area contributed by atoms with Gasteiger partial charge in [0.25, 0.3) is 0 Å². The smallest absolute Gasteiger partial charge is 0.249 e. The molecule has 0 fully saturated rings. The van der Waals surface area contributed by atoms with E-state index in [0.717, 1.165) is 33.7 Å². The number of thioether (sulfide) groups is 1. The summed E-state index contributed by atoms with van der Waals surface area (Å²) >= 11 is 1.36. The minimum absolute atomic E-state index is 0.138. The molecule has 0 unspecified atom stereocenters. The molecular formula is C20H20N6OS. The number of carbonyl (C=O) groups is 1. The maximum atomic E-state index is 12.5. The van der Waals surface area contributed by atoms with Crippen molar-refractivity contribution in [3.8, 4) is 5.69 Å². The number of rotatable bonds is 5. The number of aryl methyl sites for hydroxylation is 3. The van der Waals surface area contributed by atoms with Crippen LogP contribution in [0.5, 0.6) is 0 Å². The molecule has 0 saturated heterocycles. The van der Waals surface area contributed by atoms with Gasteiger partial charge in [0.1, 0.15) is 12.2 Å². The Bertz CT molecular complexity index is 1160. The number of imidazole rings is 1. The molecular weight excluding hydrogens is 372 g/mol. The van der Waals surface area contributed by atoms with Crippen molar-refractivity contribution in [1.82, 2.24) is 24.4 Å². The molecule has 7 nitrogen and oxygen atoms in total. The van der Waals surface area contributed by atoms with Crippen LogP contribution in [-0.2, 0) is 4.79 Å². The summed E-state index contributed by atoms with van der Waals surface area (Å²) in [5.41, 5.74) is 7.87. The van der Waals surface area contributed by atoms with E-state index in [0.29, 0.717) is 5.16 Å². The molecule has 0 atom stereocenters. The molecule has 8 heteroatoms. The van der Waals surface area contributed by atoms with Crippen LogP contribution in [0.1, 0.15) is 17.0 Å². The first-order chi connectivity index (χ1) is 13.5. The van der Waals surface area contributed by atoms with Crippen molar-refractivity contribution in [3.63, 3.8) is 0 Å². The van der Waals surface area contributed by atoms with Crippen LogP contribution < -0.4 is 5.43 Å². The minimum Gasteiger partial charge on any atom is -0.274 e. The molecule has 0 aliphatic heterocycles. The molecule has 0 saturated carbocycles. The zero-order valence-electron chi connectivity index (χ0n) is 15.9. The van der Waals surface area contributed by atoms with E-state index in [1.165, 1.54) is 11.8 Å². The standard InChI is InChI=1S/C20H20N6OS/c1-13-8-9-14(2)18(10-13)26-15(3)22-23-20(26)28-11-19(27)24-25-12-21-16-6-4-5-7-17(16)25/h4-10,12H,11H2,1-3H3,(H,24,27). The summed E-state index contributed by atoms with van der Waals surface area (Å²) in [5.74, 6) is 0.869. The lowest BCUT2D eigenvalue weighted by Gasteiger charge is -2.12. The Morgan fingerprint density at radius 2 is 1.93 bits per heavy atom. The number of hydrogen-bond donors (Lipinski definition) is 1. The third kappa shape index (κ3) is 3.50. The highest BCUT2D eigenvalue weighted by atomic mass is 32.2. The van der Waals surface area contributed by atoms with E-state index >= 15 is 0 Å². The minimum atomic E-state index is -0.138. The molecule has 4 rings (SSSR count). The molecule has 28 heavy (non-hydrogen) atoms. The number of hydrogen-bond acceptors (Lipinski definition) is 5. The van der Waals surface area contributed by atoms with E-state index in [9.17, 15) is 4.79 Å². The Morgan fingerprint density at radius 3 is 2.79 bits per heavy atom. The number of carbonyl (C=O) groups excluding carboxylic acids is 1. The Labute approximate surface area is 166 Å². The van der Waals surface area contributed by atoms with Gasteiger partial charge in [0.2, 0.25) is 5.91 Å². The van der Waals surface area contributed by atoms with Gasteiger partial charge in [-0.05, 0) is 50.1 Å². The van der Waals surface area contributed by atoms with E-state index in [1.807, 2.05) is 35.8 Å². The quantitative estimate of drug-likeness (QED) is 0.527. The highest BCUT2D eigenvalue weighted by Gasteiger charge is 2.15. The maximum Gasteiger partial charge on any atom is 0.249 e. The number of fused-ring (bicyclic) bond motifs is 1. The summed E-state index contributed by atoms with van der Waals surface area (Å²) in [6, 6.07) is 13.9. The largest absolute Gasteiger partial charge is 0.274 e. The fourth-order valence-corrected chi connectivity index (χ4v) is 3.80. The molecule has 2 aromatic heterocycles. The lowest BCUT2D eigenvalue weighted by atomic mass is 10.1. The first-order valence-corrected chi connectivity index (χ1v) is 9.86. The predicted octanol–water partition coefficient (Wildman–Crippen LogP) is 3.40. The van der Waals surface area contributed by atoms with Gasteiger partial charge in [0.05, 0.1) is 22.5 Å². The molecule has 2 aromatic carbocycles. The fourth-order valence-electron chi connectivity index (χ4n) is 3.02. The van der Waals surface area contributed by atoms with Crippen LogP contribution in [0.3, 0.4) is 0 Å². The average molecular weight is 392 g/mol. The van der Waals surface area contributed by atoms with Crippen LogP contribution in [0.2, 0.25) is 0 Å². The topological polar surface area (TPSA) is 77.6 Å². The van der Waals surface area contributed by atoms with E-state index < -0.39 is 0 Å². The molecule has 4 aromatic rings. The normalized spacial score (nSPS) is 11.1. The average Bonchev–Trinajstić information content (AvgIpc) is 3.26. The third-order valence-corrected chi connectivity index (χ3v) is 5.36. The molecule has 0 aliphatic rings. The van der Waals surface area contributed by atoms with Crippen LogP contribution in [0.4, 0.5) is 0 Å². The molecule has 142 valence electrons. The summed E-state index contributed by atoms with van der Waals surface area (Å²) < 4.78 is 3.63. The van der Waals surface area contributed by atoms with Crippen LogP contribution in [0.15, 0.2) is 53.9 Å². The number of benzene rings is 2. The predicted molar refractivity (Wildman–Crippen MR) is 110 cm³/mol. The van der Waals surface area contributed by atoms with Gasteiger partial charge in [-0.2, -0.15) is 0 Å². The molecule has 0 bridgehead atoms. The number of para-hydroxylation sites is 2. The monoisotopic (exact) mass is 392 g/mol. The summed E-state index contributed by atoms with van der Waals surface area (Å²) in [5, 5.41) is 9.15. The van der Waals surface area contributed by atoms with Gasteiger partial charge < -0.3 is 0 Å². The Balaban J connectivity index is 1.51. The van der Waals surface area contributed by atoms with E-state index in [2.05, 4.69) is 52.7 Å². The third-order valence-electron chi connectivity index (χ3n) is 4.43. The van der Waals surface area contributed by atoms with Crippen molar-refractivity contribution in [3.05, 3.63) is 65.7 Å². The Hall–Kier alpha value is -3.13. The molecule has 2 heterocycles. The van der Waals surface area contributed by atoms with Crippen LogP contribution in [0, 0.1) is 20.8 Å². The highest BCUT2D eigenvalue weighted by molar-refractivity contribution is 7.99. The zero-order chi connectivity index (χ0) is 19.7. The maximum absolute atomic E-state index is 12.5. The van der Waals surface area contributed by atoms with Crippen molar-refractivity contribution in [2.24, 2.45) is 0 Å². The van der Waals surface area contributed by atoms with E-state index in [4.69, 9.17) is 0 Å². The highest BCUT2D eigenvalue weighted by Crippen LogP contribution is 2.24. The van der Waals surface area contributed by atoms with Crippen molar-refractivity contribution >= 4 is 28.7 Å². The number of aromatic nitrogens is 5. The van der Waals surface area contributed by atoms with Gasteiger partial charge in [0, 0.05) is 0 Å². The molecule has 1 N–H and O–H groups in total. The number of amides is 1. The van der Waals surface area contributed by atoms with Crippen LogP contribution >= 0.6 is 11.8 Å². The Morgan fingerprint density at radius 1 is 1.11 bits per heavy atom. The fraction of sp³-hybridized carbons (Fsp3) is 0.200. The molecule has 0 spiro atoms. The molecule has 0 aliphatic carbocycles. The summed E-state index contributed by atoms with van der Waals surface area (Å²) in [7, 11) is 0. The van der Waals surface area contributed by atoms with Crippen LogP contribution in [-0.4, -0.2) is 36.1 Å². The first kappa shape index (κ1) is 18.2. The van der Waals surface area contributed by atoms with Gasteiger partial charge >= 0.3 is 0 Å². The SMILES string of the molecule is Cc1ccc(C)c(-n2c(C)nnc2SCC(=O)Nn2cnc3ccccc32)c1. The zero-order valence-corrected chi connectivity index (χ0v) is 16.7. The van der Waals surface area contributed by atoms with Gasteiger partial charge in [-0.3, -0.25) is 14.8 Å². The summed E-state index contributed by atoms with van der Waals surface area (Å²) in [6.45, 7) is 6.02. The summed E-state index contributed by atoms with van der Waals surface area (Å²) in [4.78, 5) is 16.7. The van der Waals surface area contributed by atoms with Crippen molar-refractivity contribution < 1.29 is 4.79 Å². The lowest BCUT2D eigenvalue weighted by Crippen LogP contribution is -2.23. The van der Waals surface area contributed by atoms with Crippen LogP contribution in [0.25, 0.3) is 16.7 Å². The second kappa shape index (κ2) is 7.47. The number of nitrogens with zero attached hydrogens (tertiary/aromatic N) is 5. The molecule has 1 amide bonds. The van der Waals surface area contributed by atoms with Gasteiger partial charge in [-0.15, -0.1) is 10.2 Å². The first-order valence-electron chi connectivity index (χ1n) is 8.87.